The van der Waals surface area contributed by atoms with E-state index in [2.05, 4.69) is 0 Å². The first-order valence-electron chi connectivity index (χ1n) is 8.96. The van der Waals surface area contributed by atoms with Crippen LogP contribution in [-0.2, 0) is 34.8 Å². The van der Waals surface area contributed by atoms with Gasteiger partial charge >= 0.3 is 11.9 Å². The summed E-state index contributed by atoms with van der Waals surface area (Å²) in [4.78, 5) is 25.9. The molecule has 2 aliphatic heterocycles. The Hall–Kier alpha value is -2.66. The van der Waals surface area contributed by atoms with Gasteiger partial charge in [-0.2, -0.15) is 0 Å². The van der Waals surface area contributed by atoms with Crippen molar-refractivity contribution >= 4 is 11.9 Å². The summed E-state index contributed by atoms with van der Waals surface area (Å²) in [5.74, 6) is -2.45. The molecule has 0 saturated carbocycles. The van der Waals surface area contributed by atoms with Crippen LogP contribution < -0.4 is 0 Å². The molecule has 2 heterocycles. The van der Waals surface area contributed by atoms with Crippen molar-refractivity contribution in [1.82, 2.24) is 0 Å². The maximum absolute atomic E-state index is 13.0. The molecule has 1 aliphatic carbocycles. The van der Waals surface area contributed by atoms with E-state index in [1.54, 1.807) is 0 Å². The van der Waals surface area contributed by atoms with Gasteiger partial charge in [0.05, 0.1) is 26.7 Å². The highest BCUT2D eigenvalue weighted by molar-refractivity contribution is 5.87. The van der Waals surface area contributed by atoms with Gasteiger partial charge < -0.3 is 14.2 Å². The molecule has 2 aromatic carbocycles. The summed E-state index contributed by atoms with van der Waals surface area (Å²) in [6, 6.07) is 17.4. The largest absolute Gasteiger partial charge is 0.469 e. The zero-order valence-electron chi connectivity index (χ0n) is 15.6. The van der Waals surface area contributed by atoms with Gasteiger partial charge in [-0.3, -0.25) is 9.59 Å². The summed E-state index contributed by atoms with van der Waals surface area (Å²) in [5.41, 5.74) is 0.959. The van der Waals surface area contributed by atoms with E-state index in [9.17, 15) is 9.59 Å². The number of carbonyl (C=O) groups excluding carboxylic acids is 2. The molecule has 27 heavy (non-hydrogen) atoms. The van der Waals surface area contributed by atoms with E-state index in [0.29, 0.717) is 6.61 Å². The molecule has 0 N–H and O–H groups in total. The molecule has 1 unspecified atom stereocenters. The van der Waals surface area contributed by atoms with Gasteiger partial charge in [0.2, 0.25) is 0 Å². The standard InChI is InChI=1S/C22H22O5/c1-21-13-27-22(14-9-5-4-6-10-14,16-12-8-7-11-15(16)21)18(20(24)26-3)17(21)19(23)25-2/h4-12,17-18H,13H2,1-3H3/t17-,18+,21-,22?/m0/s1. The van der Waals surface area contributed by atoms with Crippen molar-refractivity contribution in [3.8, 4) is 0 Å². The van der Waals surface area contributed by atoms with Crippen molar-refractivity contribution < 1.29 is 23.8 Å². The molecule has 1 fully saturated rings. The third-order valence-corrected chi connectivity index (χ3v) is 6.11. The van der Waals surface area contributed by atoms with Gasteiger partial charge in [0.1, 0.15) is 11.5 Å². The highest BCUT2D eigenvalue weighted by Gasteiger charge is 2.68. The smallest absolute Gasteiger partial charge is 0.313 e. The van der Waals surface area contributed by atoms with Crippen LogP contribution in [-0.4, -0.2) is 32.8 Å². The second-order valence-electron chi connectivity index (χ2n) is 7.36. The first-order valence-corrected chi connectivity index (χ1v) is 8.96. The SMILES string of the molecule is COC(=O)[C@@H]1[C@H](C(=O)OC)C2(c3ccccc3)OC[C@@]1(C)c1ccccc12. The number of hydrogen-bond donors (Lipinski definition) is 0. The fourth-order valence-electron chi connectivity index (χ4n) is 4.90. The Morgan fingerprint density at radius 1 is 0.889 bits per heavy atom. The van der Waals surface area contributed by atoms with Crippen LogP contribution >= 0.6 is 0 Å². The molecule has 2 bridgehead atoms. The van der Waals surface area contributed by atoms with Crippen molar-refractivity contribution in [2.45, 2.75) is 17.9 Å². The second kappa shape index (κ2) is 6.20. The lowest BCUT2D eigenvalue weighted by Gasteiger charge is -2.59. The predicted octanol–water partition coefficient (Wildman–Crippen LogP) is 2.81. The number of ether oxygens (including phenoxy) is 3. The molecule has 140 valence electrons. The third-order valence-electron chi connectivity index (χ3n) is 6.11. The monoisotopic (exact) mass is 366 g/mol. The molecule has 1 saturated heterocycles. The van der Waals surface area contributed by atoms with Crippen molar-refractivity contribution in [1.29, 1.82) is 0 Å². The average molecular weight is 366 g/mol. The average Bonchev–Trinajstić information content (AvgIpc) is 2.73. The maximum atomic E-state index is 13.0. The van der Waals surface area contributed by atoms with Gasteiger partial charge in [0.15, 0.2) is 0 Å². The van der Waals surface area contributed by atoms with E-state index in [1.807, 2.05) is 61.5 Å². The lowest BCUT2D eigenvalue weighted by molar-refractivity contribution is -0.208. The van der Waals surface area contributed by atoms with Crippen LogP contribution in [0.2, 0.25) is 0 Å². The Morgan fingerprint density at radius 3 is 2.07 bits per heavy atom. The topological polar surface area (TPSA) is 61.8 Å². The van der Waals surface area contributed by atoms with Crippen molar-refractivity contribution in [3.05, 3.63) is 71.3 Å². The van der Waals surface area contributed by atoms with Crippen molar-refractivity contribution in [2.24, 2.45) is 11.8 Å². The summed E-state index contributed by atoms with van der Waals surface area (Å²) >= 11 is 0. The number of esters is 2. The Kier molecular flexibility index (Phi) is 4.07. The van der Waals surface area contributed by atoms with E-state index < -0.39 is 34.8 Å². The minimum atomic E-state index is -1.10. The lowest BCUT2D eigenvalue weighted by atomic mass is 9.51. The molecule has 5 heteroatoms. The molecule has 0 aromatic heterocycles. The molecular formula is C22H22O5. The first kappa shape index (κ1) is 17.7. The summed E-state index contributed by atoms with van der Waals surface area (Å²) in [7, 11) is 2.69. The highest BCUT2D eigenvalue weighted by atomic mass is 16.5. The number of methoxy groups -OCH3 is 2. The van der Waals surface area contributed by atoms with E-state index in [-0.39, 0.29) is 0 Å². The first-order chi connectivity index (χ1) is 13.0. The van der Waals surface area contributed by atoms with Gasteiger partial charge in [-0.15, -0.1) is 0 Å². The molecular weight excluding hydrogens is 344 g/mol. The maximum Gasteiger partial charge on any atom is 0.313 e. The van der Waals surface area contributed by atoms with Crippen LogP contribution in [0.3, 0.4) is 0 Å². The van der Waals surface area contributed by atoms with Gasteiger partial charge in [0, 0.05) is 5.41 Å². The van der Waals surface area contributed by atoms with Gasteiger partial charge in [-0.05, 0) is 16.7 Å². The number of carbonyl (C=O) groups is 2. The fourth-order valence-corrected chi connectivity index (χ4v) is 4.90. The molecule has 3 aliphatic rings. The van der Waals surface area contributed by atoms with Gasteiger partial charge in [-0.1, -0.05) is 61.5 Å². The van der Waals surface area contributed by atoms with Crippen LogP contribution in [0.5, 0.6) is 0 Å². The van der Waals surface area contributed by atoms with Gasteiger partial charge in [-0.25, -0.2) is 0 Å². The predicted molar refractivity (Wildman–Crippen MR) is 98.0 cm³/mol. The Bertz CT molecular complexity index is 893. The Balaban J connectivity index is 2.09. The lowest BCUT2D eigenvalue weighted by Crippen LogP contribution is -2.66. The fraction of sp³-hybridized carbons (Fsp3) is 0.364. The van der Waals surface area contributed by atoms with E-state index in [0.717, 1.165) is 16.7 Å². The number of benzene rings is 2. The minimum Gasteiger partial charge on any atom is -0.469 e. The molecule has 5 nitrogen and oxygen atoms in total. The zero-order chi connectivity index (χ0) is 19.2. The van der Waals surface area contributed by atoms with Crippen molar-refractivity contribution in [3.63, 3.8) is 0 Å². The number of rotatable bonds is 3. The molecule has 4 atom stereocenters. The third kappa shape index (κ3) is 2.21. The van der Waals surface area contributed by atoms with Crippen molar-refractivity contribution in [2.75, 3.05) is 20.8 Å². The molecule has 0 amide bonds. The summed E-state index contributed by atoms with van der Waals surface area (Å²) in [5, 5.41) is 0. The number of hydrogen-bond acceptors (Lipinski definition) is 5. The van der Waals surface area contributed by atoms with E-state index in [4.69, 9.17) is 14.2 Å². The van der Waals surface area contributed by atoms with Crippen LogP contribution in [0.15, 0.2) is 54.6 Å². The minimum absolute atomic E-state index is 0.312. The molecule has 2 aromatic rings. The van der Waals surface area contributed by atoms with Crippen LogP contribution in [0.1, 0.15) is 23.6 Å². The number of fused-ring (bicyclic) bond motifs is 2. The molecule has 0 spiro atoms. The van der Waals surface area contributed by atoms with Crippen LogP contribution in [0, 0.1) is 11.8 Å². The second-order valence-corrected chi connectivity index (χ2v) is 7.36. The summed E-state index contributed by atoms with van der Waals surface area (Å²) in [6.45, 7) is 2.27. The Labute approximate surface area is 158 Å². The van der Waals surface area contributed by atoms with Gasteiger partial charge in [0.25, 0.3) is 0 Å². The summed E-state index contributed by atoms with van der Waals surface area (Å²) in [6.07, 6.45) is 0. The van der Waals surface area contributed by atoms with E-state index >= 15 is 0 Å². The van der Waals surface area contributed by atoms with Crippen LogP contribution in [0.4, 0.5) is 0 Å². The van der Waals surface area contributed by atoms with Crippen LogP contribution in [0.25, 0.3) is 0 Å². The zero-order valence-corrected chi connectivity index (χ0v) is 15.6. The quantitative estimate of drug-likeness (QED) is 0.782. The normalized spacial score (nSPS) is 31.1. The summed E-state index contributed by atoms with van der Waals surface area (Å²) < 4.78 is 16.7. The van der Waals surface area contributed by atoms with E-state index in [1.165, 1.54) is 14.2 Å². The molecule has 0 radical (unpaired) electrons. The highest BCUT2D eigenvalue weighted by Crippen LogP contribution is 2.61. The Morgan fingerprint density at radius 2 is 1.44 bits per heavy atom. The molecule has 5 rings (SSSR count).